The average Bonchev–Trinajstić information content (AvgIpc) is 2.61. The molecule has 0 unspecified atom stereocenters. The summed E-state index contributed by atoms with van der Waals surface area (Å²) in [6.45, 7) is 0.964. The predicted molar refractivity (Wildman–Crippen MR) is 87.0 cm³/mol. The van der Waals surface area contributed by atoms with E-state index in [4.69, 9.17) is 14.2 Å². The Morgan fingerprint density at radius 3 is 2.57 bits per heavy atom. The molecule has 0 N–H and O–H groups in total. The fraction of sp³-hybridized carbons (Fsp3) is 0.278. The van der Waals surface area contributed by atoms with Gasteiger partial charge in [0, 0.05) is 6.07 Å². The van der Waals surface area contributed by atoms with E-state index in [9.17, 15) is 4.79 Å². The van der Waals surface area contributed by atoms with Crippen molar-refractivity contribution in [3.05, 3.63) is 54.1 Å². The normalized spacial score (nSPS) is 17.6. The number of ether oxygens (including phenoxy) is 3. The second kappa shape index (κ2) is 6.60. The molecule has 1 aliphatic rings. The zero-order valence-corrected chi connectivity index (χ0v) is 13.2. The lowest BCUT2D eigenvalue weighted by Gasteiger charge is -2.36. The van der Waals surface area contributed by atoms with E-state index in [2.05, 4.69) is 0 Å². The first-order chi connectivity index (χ1) is 11.2. The summed E-state index contributed by atoms with van der Waals surface area (Å²) in [6.07, 6.45) is 0. The Kier molecular flexibility index (Phi) is 4.37. The number of hydrogen-bond donors (Lipinski definition) is 0. The van der Waals surface area contributed by atoms with Crippen LogP contribution in [0.4, 0.5) is 5.69 Å². The van der Waals surface area contributed by atoms with Crippen LogP contribution in [0.25, 0.3) is 0 Å². The minimum atomic E-state index is -0.479. The van der Waals surface area contributed by atoms with E-state index in [0.717, 1.165) is 11.3 Å². The molecule has 3 rings (SSSR count). The van der Waals surface area contributed by atoms with Gasteiger partial charge in [-0.2, -0.15) is 0 Å². The Morgan fingerprint density at radius 2 is 1.87 bits per heavy atom. The van der Waals surface area contributed by atoms with Gasteiger partial charge in [-0.25, -0.2) is 4.79 Å². The van der Waals surface area contributed by atoms with Gasteiger partial charge >= 0.3 is 5.97 Å². The van der Waals surface area contributed by atoms with E-state index < -0.39 is 6.04 Å². The Balaban J connectivity index is 2.04. The molecular weight excluding hydrogens is 294 g/mol. The first-order valence-corrected chi connectivity index (χ1v) is 7.45. The average molecular weight is 313 g/mol. The Bertz CT molecular complexity index is 687. The molecule has 0 radical (unpaired) electrons. The summed E-state index contributed by atoms with van der Waals surface area (Å²) in [5.41, 5.74) is 1.74. The van der Waals surface area contributed by atoms with E-state index >= 15 is 0 Å². The van der Waals surface area contributed by atoms with Crippen molar-refractivity contribution in [2.45, 2.75) is 6.04 Å². The van der Waals surface area contributed by atoms with Gasteiger partial charge in [-0.3, -0.25) is 0 Å². The van der Waals surface area contributed by atoms with Crippen LogP contribution in [-0.2, 0) is 9.53 Å². The van der Waals surface area contributed by atoms with Crippen molar-refractivity contribution in [1.29, 1.82) is 0 Å². The third-order valence-corrected chi connectivity index (χ3v) is 3.92. The molecule has 5 nitrogen and oxygen atoms in total. The van der Waals surface area contributed by atoms with Gasteiger partial charge in [0.05, 0.1) is 26.5 Å². The van der Waals surface area contributed by atoms with Crippen LogP contribution in [-0.4, -0.2) is 33.3 Å². The molecule has 1 saturated heterocycles. The zero-order chi connectivity index (χ0) is 16.2. The fourth-order valence-electron chi connectivity index (χ4n) is 2.81. The van der Waals surface area contributed by atoms with Gasteiger partial charge in [-0.1, -0.05) is 30.3 Å². The van der Waals surface area contributed by atoms with E-state index in [1.165, 1.54) is 0 Å². The quantitative estimate of drug-likeness (QED) is 0.812. The largest absolute Gasteiger partial charge is 0.497 e. The topological polar surface area (TPSA) is 48.0 Å². The minimum Gasteiger partial charge on any atom is -0.497 e. The second-order valence-electron chi connectivity index (χ2n) is 5.21. The number of cyclic esters (lactones) is 1. The van der Waals surface area contributed by atoms with Gasteiger partial charge < -0.3 is 19.1 Å². The number of carbonyl (C=O) groups excluding carboxylic acids is 1. The number of morpholine rings is 1. The summed E-state index contributed by atoms with van der Waals surface area (Å²) in [4.78, 5) is 14.4. The molecule has 0 amide bonds. The highest BCUT2D eigenvalue weighted by Gasteiger charge is 2.34. The van der Waals surface area contributed by atoms with Crippen molar-refractivity contribution in [1.82, 2.24) is 0 Å². The SMILES string of the molecule is COc1ccc(N2CCOC(=O)[C@@H]2c2ccccc2)c(OC)c1. The number of methoxy groups -OCH3 is 2. The van der Waals surface area contributed by atoms with Crippen LogP contribution < -0.4 is 14.4 Å². The Hall–Kier alpha value is -2.69. The number of benzene rings is 2. The van der Waals surface area contributed by atoms with E-state index in [1.54, 1.807) is 14.2 Å². The third kappa shape index (κ3) is 2.95. The van der Waals surface area contributed by atoms with Crippen molar-refractivity contribution >= 4 is 11.7 Å². The van der Waals surface area contributed by atoms with Gasteiger partial charge in [0.2, 0.25) is 0 Å². The van der Waals surface area contributed by atoms with Crippen LogP contribution in [0, 0.1) is 0 Å². The Morgan fingerprint density at radius 1 is 1.09 bits per heavy atom. The highest BCUT2D eigenvalue weighted by Crippen LogP contribution is 2.38. The van der Waals surface area contributed by atoms with Crippen LogP contribution in [0.15, 0.2) is 48.5 Å². The lowest BCUT2D eigenvalue weighted by molar-refractivity contribution is -0.147. The van der Waals surface area contributed by atoms with Crippen LogP contribution >= 0.6 is 0 Å². The third-order valence-electron chi connectivity index (χ3n) is 3.92. The number of hydrogen-bond acceptors (Lipinski definition) is 5. The maximum absolute atomic E-state index is 12.4. The minimum absolute atomic E-state index is 0.250. The van der Waals surface area contributed by atoms with Crippen LogP contribution in [0.1, 0.15) is 11.6 Å². The van der Waals surface area contributed by atoms with Gasteiger partial charge in [0.25, 0.3) is 0 Å². The zero-order valence-electron chi connectivity index (χ0n) is 13.2. The molecule has 1 aliphatic heterocycles. The summed E-state index contributed by atoms with van der Waals surface area (Å²) in [5.74, 6) is 1.13. The maximum atomic E-state index is 12.4. The summed E-state index contributed by atoms with van der Waals surface area (Å²) in [6, 6.07) is 14.7. The summed E-state index contributed by atoms with van der Waals surface area (Å²) in [7, 11) is 3.22. The molecule has 0 saturated carbocycles. The second-order valence-corrected chi connectivity index (χ2v) is 5.21. The van der Waals surface area contributed by atoms with Crippen molar-refractivity contribution in [3.63, 3.8) is 0 Å². The van der Waals surface area contributed by atoms with Crippen molar-refractivity contribution in [2.75, 3.05) is 32.3 Å². The first-order valence-electron chi connectivity index (χ1n) is 7.45. The highest BCUT2D eigenvalue weighted by molar-refractivity contribution is 5.84. The molecule has 0 bridgehead atoms. The van der Waals surface area contributed by atoms with Crippen LogP contribution in [0.5, 0.6) is 11.5 Å². The van der Waals surface area contributed by atoms with E-state index in [0.29, 0.717) is 24.7 Å². The summed E-state index contributed by atoms with van der Waals surface area (Å²) in [5, 5.41) is 0. The predicted octanol–water partition coefficient (Wildman–Crippen LogP) is 2.81. The molecule has 5 heteroatoms. The number of anilines is 1. The first kappa shape index (κ1) is 15.2. The van der Waals surface area contributed by atoms with Gasteiger partial charge in [-0.05, 0) is 17.7 Å². The number of esters is 1. The molecule has 1 fully saturated rings. The van der Waals surface area contributed by atoms with E-state index in [1.807, 2.05) is 53.4 Å². The molecule has 0 aromatic heterocycles. The number of carbonyl (C=O) groups is 1. The number of nitrogens with zero attached hydrogens (tertiary/aromatic N) is 1. The van der Waals surface area contributed by atoms with Crippen LogP contribution in [0.3, 0.4) is 0 Å². The smallest absolute Gasteiger partial charge is 0.333 e. The summed E-state index contributed by atoms with van der Waals surface area (Å²) < 4.78 is 16.0. The van der Waals surface area contributed by atoms with Gasteiger partial charge in [-0.15, -0.1) is 0 Å². The van der Waals surface area contributed by atoms with Crippen LogP contribution in [0.2, 0.25) is 0 Å². The standard InChI is InChI=1S/C18H19NO4/c1-21-14-8-9-15(16(12-14)22-2)19-10-11-23-18(20)17(19)13-6-4-3-5-7-13/h3-9,12,17H,10-11H2,1-2H3/t17-/m0/s1. The molecule has 2 aromatic carbocycles. The van der Waals surface area contributed by atoms with Gasteiger partial charge in [0.15, 0.2) is 6.04 Å². The van der Waals surface area contributed by atoms with Crippen molar-refractivity contribution in [3.8, 4) is 11.5 Å². The highest BCUT2D eigenvalue weighted by atomic mass is 16.5. The maximum Gasteiger partial charge on any atom is 0.333 e. The molecule has 2 aromatic rings. The lowest BCUT2D eigenvalue weighted by atomic mass is 10.0. The van der Waals surface area contributed by atoms with Crippen molar-refractivity contribution < 1.29 is 19.0 Å². The molecule has 1 atom stereocenters. The monoisotopic (exact) mass is 313 g/mol. The molecular formula is C18H19NO4. The number of rotatable bonds is 4. The van der Waals surface area contributed by atoms with E-state index in [-0.39, 0.29) is 5.97 Å². The van der Waals surface area contributed by atoms with Crippen molar-refractivity contribution in [2.24, 2.45) is 0 Å². The van der Waals surface area contributed by atoms with Gasteiger partial charge in [0.1, 0.15) is 18.1 Å². The fourth-order valence-corrected chi connectivity index (χ4v) is 2.81. The lowest BCUT2D eigenvalue weighted by Crippen LogP contribution is -2.43. The molecule has 1 heterocycles. The summed E-state index contributed by atoms with van der Waals surface area (Å²) >= 11 is 0. The Labute approximate surface area is 135 Å². The molecule has 23 heavy (non-hydrogen) atoms. The molecule has 0 aliphatic carbocycles. The molecule has 120 valence electrons. The molecule has 0 spiro atoms.